The van der Waals surface area contributed by atoms with Gasteiger partial charge in [0, 0.05) is 35.6 Å². The third-order valence-electron chi connectivity index (χ3n) is 7.80. The molecule has 7 heteroatoms. The molecule has 0 aromatic heterocycles. The molecule has 7 nitrogen and oxygen atoms in total. The molecule has 2 saturated heterocycles. The quantitative estimate of drug-likeness (QED) is 0.570. The maximum atomic E-state index is 13.8. The zero-order chi connectivity index (χ0) is 22.8. The van der Waals surface area contributed by atoms with E-state index < -0.39 is 0 Å². The van der Waals surface area contributed by atoms with Crippen molar-refractivity contribution >= 4 is 11.7 Å². The Labute approximate surface area is 188 Å². The van der Waals surface area contributed by atoms with Crippen LogP contribution in [0.1, 0.15) is 43.5 Å². The molecule has 0 bridgehead atoms. The second kappa shape index (κ2) is 7.24. The van der Waals surface area contributed by atoms with Crippen LogP contribution in [0.4, 0.5) is 0 Å². The van der Waals surface area contributed by atoms with Crippen LogP contribution >= 0.6 is 0 Å². The summed E-state index contributed by atoms with van der Waals surface area (Å²) >= 11 is 0. The van der Waals surface area contributed by atoms with E-state index in [9.17, 15) is 4.79 Å². The Morgan fingerprint density at radius 2 is 1.84 bits per heavy atom. The SMILES string of the molecule is C[C@@H]1C2C(C(=O)N1Cc1ccc3c(c1)OCO3)[C@H](c1ccc(C(=N)N)cc1)N(C)C2(C)C. The number of nitrogens with two attached hydrogens (primary N) is 1. The van der Waals surface area contributed by atoms with E-state index in [1.165, 1.54) is 0 Å². The highest BCUT2D eigenvalue weighted by Crippen LogP contribution is 2.56. The molecule has 4 atom stereocenters. The third kappa shape index (κ3) is 2.98. The number of rotatable bonds is 4. The largest absolute Gasteiger partial charge is 0.454 e. The molecular formula is C25H30N4O3. The number of likely N-dealkylation sites (tertiary alicyclic amines) is 2. The molecule has 2 fully saturated rings. The number of carbonyl (C=O) groups is 1. The lowest BCUT2D eigenvalue weighted by molar-refractivity contribution is -0.133. The van der Waals surface area contributed by atoms with E-state index in [2.05, 4.69) is 32.7 Å². The molecule has 2 aromatic carbocycles. The van der Waals surface area contributed by atoms with Crippen LogP contribution in [0, 0.1) is 17.2 Å². The topological polar surface area (TPSA) is 91.9 Å². The first kappa shape index (κ1) is 20.8. The number of hydrogen-bond acceptors (Lipinski definition) is 5. The molecule has 32 heavy (non-hydrogen) atoms. The minimum Gasteiger partial charge on any atom is -0.454 e. The van der Waals surface area contributed by atoms with E-state index >= 15 is 0 Å². The van der Waals surface area contributed by atoms with E-state index in [4.69, 9.17) is 20.6 Å². The molecule has 5 rings (SSSR count). The number of amidine groups is 1. The van der Waals surface area contributed by atoms with E-state index in [0.29, 0.717) is 12.1 Å². The fourth-order valence-corrected chi connectivity index (χ4v) is 5.98. The summed E-state index contributed by atoms with van der Waals surface area (Å²) < 4.78 is 10.9. The molecule has 3 aliphatic heterocycles. The van der Waals surface area contributed by atoms with Gasteiger partial charge in [-0.1, -0.05) is 30.3 Å². The second-order valence-electron chi connectivity index (χ2n) is 9.69. The van der Waals surface area contributed by atoms with Gasteiger partial charge in [0.15, 0.2) is 11.5 Å². The maximum Gasteiger partial charge on any atom is 0.231 e. The van der Waals surface area contributed by atoms with E-state index in [1.807, 2.05) is 47.4 Å². The predicted octanol–water partition coefficient (Wildman–Crippen LogP) is 3.13. The predicted molar refractivity (Wildman–Crippen MR) is 122 cm³/mol. The highest BCUT2D eigenvalue weighted by Gasteiger charge is 2.62. The number of nitrogens with one attached hydrogen (secondary N) is 1. The lowest BCUT2D eigenvalue weighted by Crippen LogP contribution is -2.47. The third-order valence-corrected chi connectivity index (χ3v) is 7.80. The summed E-state index contributed by atoms with van der Waals surface area (Å²) in [4.78, 5) is 18.2. The van der Waals surface area contributed by atoms with Gasteiger partial charge >= 0.3 is 0 Å². The molecular weight excluding hydrogens is 404 g/mol. The van der Waals surface area contributed by atoms with Gasteiger partial charge in [0.25, 0.3) is 0 Å². The van der Waals surface area contributed by atoms with Gasteiger partial charge in [-0.15, -0.1) is 0 Å². The molecule has 0 aliphatic carbocycles. The zero-order valence-corrected chi connectivity index (χ0v) is 19.0. The zero-order valence-electron chi connectivity index (χ0n) is 19.0. The van der Waals surface area contributed by atoms with Gasteiger partial charge in [-0.05, 0) is 51.1 Å². The van der Waals surface area contributed by atoms with E-state index in [1.54, 1.807) is 0 Å². The van der Waals surface area contributed by atoms with Crippen molar-refractivity contribution in [3.05, 3.63) is 59.2 Å². The summed E-state index contributed by atoms with van der Waals surface area (Å²) in [5.74, 6) is 1.82. The van der Waals surface area contributed by atoms with Crippen LogP contribution in [0.2, 0.25) is 0 Å². The fraction of sp³-hybridized carbons (Fsp3) is 0.440. The standard InChI is InChI=1S/C25H30N4O3/c1-14-21-20(24(30)29(14)12-15-5-10-18-19(11-15)32-13-31-18)22(28(4)25(21,2)3)16-6-8-17(9-7-16)23(26)27/h5-11,14,20-22H,12-13H2,1-4H3,(H3,26,27)/t14-,20?,21?,22+/m1/s1. The van der Waals surface area contributed by atoms with Crippen LogP contribution in [-0.2, 0) is 11.3 Å². The Bertz CT molecular complexity index is 1080. The lowest BCUT2D eigenvalue weighted by Gasteiger charge is -2.39. The van der Waals surface area contributed by atoms with Gasteiger partial charge in [-0.2, -0.15) is 0 Å². The normalized spacial score (nSPS) is 28.2. The Morgan fingerprint density at radius 3 is 2.53 bits per heavy atom. The number of fused-ring (bicyclic) bond motifs is 2. The van der Waals surface area contributed by atoms with Crippen LogP contribution in [-0.4, -0.2) is 47.0 Å². The molecule has 3 aliphatic rings. The summed E-state index contributed by atoms with van der Waals surface area (Å²) in [6.45, 7) is 7.45. The van der Waals surface area contributed by atoms with Crippen molar-refractivity contribution < 1.29 is 14.3 Å². The first-order valence-corrected chi connectivity index (χ1v) is 11.1. The average molecular weight is 435 g/mol. The van der Waals surface area contributed by atoms with Gasteiger partial charge in [-0.25, -0.2) is 0 Å². The van der Waals surface area contributed by atoms with Crippen LogP contribution in [0.15, 0.2) is 42.5 Å². The van der Waals surface area contributed by atoms with Gasteiger partial charge in [0.1, 0.15) is 5.84 Å². The monoisotopic (exact) mass is 434 g/mol. The molecule has 0 spiro atoms. The summed E-state index contributed by atoms with van der Waals surface area (Å²) in [6, 6.07) is 13.8. The van der Waals surface area contributed by atoms with Crippen LogP contribution in [0.3, 0.4) is 0 Å². The summed E-state index contributed by atoms with van der Waals surface area (Å²) in [5.41, 5.74) is 8.31. The van der Waals surface area contributed by atoms with E-state index in [0.717, 1.165) is 22.6 Å². The minimum atomic E-state index is -0.146. The average Bonchev–Trinajstić information content (AvgIpc) is 3.38. The molecule has 0 radical (unpaired) electrons. The van der Waals surface area contributed by atoms with Crippen molar-refractivity contribution in [2.75, 3.05) is 13.8 Å². The minimum absolute atomic E-state index is 0.0206. The van der Waals surface area contributed by atoms with Crippen molar-refractivity contribution in [2.45, 2.75) is 44.9 Å². The van der Waals surface area contributed by atoms with Crippen molar-refractivity contribution in [3.63, 3.8) is 0 Å². The molecule has 168 valence electrons. The maximum absolute atomic E-state index is 13.8. The molecule has 3 N–H and O–H groups in total. The number of hydrogen-bond donors (Lipinski definition) is 2. The summed E-state index contributed by atoms with van der Waals surface area (Å²) in [6.07, 6.45) is 0. The van der Waals surface area contributed by atoms with E-state index in [-0.39, 0.29) is 48.0 Å². The van der Waals surface area contributed by atoms with Crippen molar-refractivity contribution in [3.8, 4) is 11.5 Å². The highest BCUT2D eigenvalue weighted by atomic mass is 16.7. The Balaban J connectivity index is 1.47. The van der Waals surface area contributed by atoms with Crippen molar-refractivity contribution in [2.24, 2.45) is 17.6 Å². The fourth-order valence-electron chi connectivity index (χ4n) is 5.98. The second-order valence-corrected chi connectivity index (χ2v) is 9.69. The van der Waals surface area contributed by atoms with Crippen LogP contribution in [0.5, 0.6) is 11.5 Å². The van der Waals surface area contributed by atoms with Gasteiger partial charge in [0.05, 0.1) is 5.92 Å². The molecule has 2 unspecified atom stereocenters. The van der Waals surface area contributed by atoms with Crippen LogP contribution in [0.25, 0.3) is 0 Å². The number of benzene rings is 2. The molecule has 3 heterocycles. The Kier molecular flexibility index (Phi) is 4.71. The number of nitrogen functional groups attached to an aromatic ring is 1. The smallest absolute Gasteiger partial charge is 0.231 e. The van der Waals surface area contributed by atoms with Gasteiger partial charge in [0.2, 0.25) is 12.7 Å². The first-order valence-electron chi connectivity index (χ1n) is 11.1. The Hall–Kier alpha value is -3.06. The Morgan fingerprint density at radius 1 is 1.16 bits per heavy atom. The number of amides is 1. The lowest BCUT2D eigenvalue weighted by atomic mass is 9.78. The van der Waals surface area contributed by atoms with Gasteiger partial charge in [-0.3, -0.25) is 15.1 Å². The summed E-state index contributed by atoms with van der Waals surface area (Å²) in [5, 5.41) is 7.66. The molecule has 2 aromatic rings. The highest BCUT2D eigenvalue weighted by molar-refractivity contribution is 5.95. The molecule has 1 amide bonds. The van der Waals surface area contributed by atoms with Crippen LogP contribution < -0.4 is 15.2 Å². The van der Waals surface area contributed by atoms with Gasteiger partial charge < -0.3 is 20.1 Å². The molecule has 0 saturated carbocycles. The summed E-state index contributed by atoms with van der Waals surface area (Å²) in [7, 11) is 2.12. The number of nitrogens with zero attached hydrogens (tertiary/aromatic N) is 2. The van der Waals surface area contributed by atoms with Crippen molar-refractivity contribution in [1.29, 1.82) is 5.41 Å². The number of ether oxygens (including phenoxy) is 2. The first-order chi connectivity index (χ1) is 15.2. The number of carbonyl (C=O) groups excluding carboxylic acids is 1. The van der Waals surface area contributed by atoms with Crippen molar-refractivity contribution in [1.82, 2.24) is 9.80 Å².